The monoisotopic (exact) mass is 355 g/mol. The maximum absolute atomic E-state index is 6.18. The Balaban J connectivity index is 1.56. The van der Waals surface area contributed by atoms with E-state index in [-0.39, 0.29) is 6.10 Å². The van der Waals surface area contributed by atoms with Crippen molar-refractivity contribution in [3.8, 4) is 5.75 Å². The van der Waals surface area contributed by atoms with Gasteiger partial charge in [-0.3, -0.25) is 0 Å². The Morgan fingerprint density at radius 1 is 1.20 bits per heavy atom. The normalized spacial score (nSPS) is 15.9. The highest BCUT2D eigenvalue weighted by molar-refractivity contribution is 7.80. The van der Waals surface area contributed by atoms with Gasteiger partial charge in [0.15, 0.2) is 5.11 Å². The molecule has 3 rings (SSSR count). The van der Waals surface area contributed by atoms with Crippen molar-refractivity contribution in [2.75, 3.05) is 31.6 Å². The first-order valence-corrected chi connectivity index (χ1v) is 9.11. The summed E-state index contributed by atoms with van der Waals surface area (Å²) in [5, 5.41) is 4.07. The maximum Gasteiger partial charge on any atom is 0.169 e. The van der Waals surface area contributed by atoms with E-state index in [1.54, 1.807) is 0 Å². The van der Waals surface area contributed by atoms with Crippen LogP contribution in [0.25, 0.3) is 0 Å². The zero-order valence-corrected chi connectivity index (χ0v) is 15.6. The Bertz CT molecular complexity index is 707. The highest BCUT2D eigenvalue weighted by Gasteiger charge is 2.25. The average Bonchev–Trinajstić information content (AvgIpc) is 2.66. The third-order valence-electron chi connectivity index (χ3n) is 4.42. The second-order valence-corrected chi connectivity index (χ2v) is 6.66. The fourth-order valence-corrected chi connectivity index (χ4v) is 3.22. The number of fused-ring (bicyclic) bond motifs is 1. The second-order valence-electron chi connectivity index (χ2n) is 6.27. The lowest BCUT2D eigenvalue weighted by Gasteiger charge is -2.37. The summed E-state index contributed by atoms with van der Waals surface area (Å²) in [5.74, 6) is 0.956. The number of hydrogen-bond donors (Lipinski definition) is 1. The van der Waals surface area contributed by atoms with Gasteiger partial charge in [-0.05, 0) is 36.8 Å². The molecule has 0 fully saturated rings. The third-order valence-corrected chi connectivity index (χ3v) is 4.87. The predicted octanol–water partition coefficient (Wildman–Crippen LogP) is 3.28. The molecule has 25 heavy (non-hydrogen) atoms. The fourth-order valence-electron chi connectivity index (χ4n) is 3.07. The van der Waals surface area contributed by atoms with E-state index in [0.717, 1.165) is 37.0 Å². The van der Waals surface area contributed by atoms with Crippen molar-refractivity contribution in [2.24, 2.45) is 0 Å². The van der Waals surface area contributed by atoms with Crippen molar-refractivity contribution in [1.82, 2.24) is 10.2 Å². The predicted molar refractivity (Wildman–Crippen MR) is 107 cm³/mol. The van der Waals surface area contributed by atoms with E-state index in [4.69, 9.17) is 17.0 Å². The summed E-state index contributed by atoms with van der Waals surface area (Å²) in [4.78, 5) is 4.42. The number of thiocarbonyl (C=S) groups is 1. The van der Waals surface area contributed by atoms with Crippen LogP contribution >= 0.6 is 12.2 Å². The van der Waals surface area contributed by atoms with Crippen molar-refractivity contribution in [1.29, 1.82) is 0 Å². The van der Waals surface area contributed by atoms with E-state index in [0.29, 0.717) is 0 Å². The van der Waals surface area contributed by atoms with Crippen LogP contribution in [-0.4, -0.2) is 42.8 Å². The largest absolute Gasteiger partial charge is 0.485 e. The lowest BCUT2D eigenvalue weighted by atomic mass is 10.2. The zero-order valence-electron chi connectivity index (χ0n) is 14.8. The molecule has 0 spiro atoms. The molecule has 1 aliphatic heterocycles. The lowest BCUT2D eigenvalue weighted by Crippen LogP contribution is -2.48. The minimum atomic E-state index is 0.0938. The van der Waals surface area contributed by atoms with Crippen LogP contribution in [0.5, 0.6) is 5.75 Å². The molecule has 0 unspecified atom stereocenters. The number of likely N-dealkylation sites (N-methyl/N-ethyl adjacent to an activating group) is 2. The molecule has 2 aromatic carbocycles. The molecule has 0 amide bonds. The first-order chi connectivity index (χ1) is 12.2. The van der Waals surface area contributed by atoms with E-state index in [1.807, 2.05) is 37.4 Å². The van der Waals surface area contributed by atoms with Crippen LogP contribution in [0.1, 0.15) is 12.5 Å². The number of benzene rings is 2. The second kappa shape index (κ2) is 8.21. The van der Waals surface area contributed by atoms with Crippen LogP contribution in [0.2, 0.25) is 0 Å². The summed E-state index contributed by atoms with van der Waals surface area (Å²) in [6.07, 6.45) is 0.0938. The van der Waals surface area contributed by atoms with Gasteiger partial charge in [0.2, 0.25) is 0 Å². The van der Waals surface area contributed by atoms with Gasteiger partial charge in [-0.1, -0.05) is 42.5 Å². The van der Waals surface area contributed by atoms with Crippen LogP contribution in [0.3, 0.4) is 0 Å². The van der Waals surface area contributed by atoms with Gasteiger partial charge < -0.3 is 19.9 Å². The number of nitrogens with zero attached hydrogens (tertiary/aromatic N) is 2. The first kappa shape index (κ1) is 17.5. The van der Waals surface area contributed by atoms with E-state index < -0.39 is 0 Å². The van der Waals surface area contributed by atoms with Gasteiger partial charge in [-0.25, -0.2) is 0 Å². The molecule has 1 aliphatic rings. The minimum absolute atomic E-state index is 0.0938. The quantitative estimate of drug-likeness (QED) is 0.831. The van der Waals surface area contributed by atoms with E-state index in [9.17, 15) is 0 Å². The molecular weight excluding hydrogens is 330 g/mol. The SMILES string of the molecule is CCN1C[C@H](CN(C)C(=S)NCc2ccccc2)Oc2ccccc21. The van der Waals surface area contributed by atoms with Crippen LogP contribution in [0.15, 0.2) is 54.6 Å². The molecule has 5 heteroatoms. The number of nitrogens with one attached hydrogen (secondary N) is 1. The molecule has 1 N–H and O–H groups in total. The van der Waals surface area contributed by atoms with Crippen LogP contribution in [0.4, 0.5) is 5.69 Å². The number of rotatable bonds is 5. The standard InChI is InChI=1S/C20H25N3OS/c1-3-23-15-17(24-19-12-8-7-11-18(19)23)14-22(2)20(25)21-13-16-9-5-4-6-10-16/h4-12,17H,3,13-15H2,1-2H3,(H,21,25)/t17-/m0/s1. The molecule has 0 radical (unpaired) electrons. The van der Waals surface area contributed by atoms with Crippen molar-refractivity contribution >= 4 is 23.0 Å². The van der Waals surface area contributed by atoms with Gasteiger partial charge in [0.1, 0.15) is 11.9 Å². The molecule has 1 heterocycles. The minimum Gasteiger partial charge on any atom is -0.485 e. The van der Waals surface area contributed by atoms with E-state index in [1.165, 1.54) is 11.3 Å². The summed E-state index contributed by atoms with van der Waals surface area (Å²) >= 11 is 5.53. The van der Waals surface area contributed by atoms with Crippen LogP contribution in [0, 0.1) is 0 Å². The molecule has 0 saturated heterocycles. The van der Waals surface area contributed by atoms with E-state index >= 15 is 0 Å². The van der Waals surface area contributed by atoms with Gasteiger partial charge >= 0.3 is 0 Å². The molecule has 4 nitrogen and oxygen atoms in total. The number of ether oxygens (including phenoxy) is 1. The molecule has 0 aliphatic carbocycles. The van der Waals surface area contributed by atoms with Gasteiger partial charge in [0, 0.05) is 20.1 Å². The first-order valence-electron chi connectivity index (χ1n) is 8.71. The highest BCUT2D eigenvalue weighted by atomic mass is 32.1. The molecule has 0 aromatic heterocycles. The third kappa shape index (κ3) is 4.42. The summed E-state index contributed by atoms with van der Waals surface area (Å²) in [7, 11) is 2.01. The molecule has 0 bridgehead atoms. The van der Waals surface area contributed by atoms with Crippen molar-refractivity contribution in [3.63, 3.8) is 0 Å². The van der Waals surface area contributed by atoms with Crippen LogP contribution in [-0.2, 0) is 6.54 Å². The topological polar surface area (TPSA) is 27.7 Å². The van der Waals surface area contributed by atoms with Crippen molar-refractivity contribution in [2.45, 2.75) is 19.6 Å². The Hall–Kier alpha value is -2.27. The summed E-state index contributed by atoms with van der Waals surface area (Å²) in [6, 6.07) is 18.5. The lowest BCUT2D eigenvalue weighted by molar-refractivity contribution is 0.168. The van der Waals surface area contributed by atoms with E-state index in [2.05, 4.69) is 46.3 Å². The number of anilines is 1. The smallest absolute Gasteiger partial charge is 0.169 e. The van der Waals surface area contributed by atoms with Gasteiger partial charge in [-0.2, -0.15) is 0 Å². The van der Waals surface area contributed by atoms with Gasteiger partial charge in [-0.15, -0.1) is 0 Å². The van der Waals surface area contributed by atoms with Crippen LogP contribution < -0.4 is 15.0 Å². The van der Waals surface area contributed by atoms with Gasteiger partial charge in [0.05, 0.1) is 18.8 Å². The fraction of sp³-hybridized carbons (Fsp3) is 0.350. The summed E-state index contributed by atoms with van der Waals surface area (Å²) in [5.41, 5.74) is 2.40. The highest BCUT2D eigenvalue weighted by Crippen LogP contribution is 2.32. The Kier molecular flexibility index (Phi) is 5.76. The van der Waals surface area contributed by atoms with Gasteiger partial charge in [0.25, 0.3) is 0 Å². The molecular formula is C20H25N3OS. The Morgan fingerprint density at radius 3 is 2.68 bits per heavy atom. The molecule has 2 aromatic rings. The zero-order chi connectivity index (χ0) is 17.6. The van der Waals surface area contributed by atoms with Crippen molar-refractivity contribution in [3.05, 3.63) is 60.2 Å². The summed E-state index contributed by atoms with van der Waals surface area (Å²) in [6.45, 7) is 5.51. The number of hydrogen-bond acceptors (Lipinski definition) is 3. The summed E-state index contributed by atoms with van der Waals surface area (Å²) < 4.78 is 6.18. The molecule has 1 atom stereocenters. The maximum atomic E-state index is 6.18. The molecule has 132 valence electrons. The Labute approximate surface area is 155 Å². The number of para-hydroxylation sites is 2. The molecule has 0 saturated carbocycles. The average molecular weight is 356 g/mol. The van der Waals surface area contributed by atoms with Crippen molar-refractivity contribution < 1.29 is 4.74 Å². The Morgan fingerprint density at radius 2 is 1.92 bits per heavy atom.